The van der Waals surface area contributed by atoms with Gasteiger partial charge in [0.1, 0.15) is 5.82 Å². The molecule has 1 atom stereocenters. The lowest BCUT2D eigenvalue weighted by atomic mass is 9.95. The highest BCUT2D eigenvalue weighted by Crippen LogP contribution is 2.40. The second kappa shape index (κ2) is 10.6. The minimum absolute atomic E-state index is 0. The quantitative estimate of drug-likeness (QED) is 0.210. The van der Waals surface area contributed by atoms with Gasteiger partial charge < -0.3 is 0 Å². The molecular formula is C31H27BrFN3S. The first kappa shape index (κ1) is 25.3. The predicted molar refractivity (Wildman–Crippen MR) is 159 cm³/mol. The fraction of sp³-hybridized carbons (Fsp3) is 0.161. The van der Waals surface area contributed by atoms with Crippen molar-refractivity contribution in [3.05, 3.63) is 119 Å². The molecule has 0 bridgehead atoms. The van der Waals surface area contributed by atoms with Crippen molar-refractivity contribution in [1.82, 2.24) is 4.98 Å². The molecule has 1 unspecified atom stereocenters. The third-order valence-electron chi connectivity index (χ3n) is 6.81. The third-order valence-corrected chi connectivity index (χ3v) is 7.64. The van der Waals surface area contributed by atoms with E-state index in [9.17, 15) is 4.39 Å². The fourth-order valence-corrected chi connectivity index (χ4v) is 5.55. The molecule has 1 aliphatic rings. The van der Waals surface area contributed by atoms with E-state index in [1.165, 1.54) is 34.0 Å². The molecule has 1 aliphatic heterocycles. The van der Waals surface area contributed by atoms with Gasteiger partial charge in [-0.1, -0.05) is 86.6 Å². The van der Waals surface area contributed by atoms with E-state index in [0.717, 1.165) is 34.1 Å². The molecule has 0 N–H and O–H groups in total. The molecule has 6 rings (SSSR count). The molecule has 0 saturated heterocycles. The van der Waals surface area contributed by atoms with Gasteiger partial charge in [-0.25, -0.2) is 14.4 Å². The van der Waals surface area contributed by atoms with Crippen molar-refractivity contribution in [2.75, 3.05) is 5.01 Å². The van der Waals surface area contributed by atoms with Crippen molar-refractivity contribution in [1.29, 1.82) is 0 Å². The Morgan fingerprint density at radius 2 is 1.57 bits per heavy atom. The number of fused-ring (bicyclic) bond motifs is 1. The molecular weight excluding hydrogens is 545 g/mol. The van der Waals surface area contributed by atoms with Crippen molar-refractivity contribution in [3.63, 3.8) is 0 Å². The number of anilines is 1. The first-order valence-corrected chi connectivity index (χ1v) is 13.1. The molecule has 0 radical (unpaired) electrons. The summed E-state index contributed by atoms with van der Waals surface area (Å²) in [5.74, 6) is 0.239. The van der Waals surface area contributed by atoms with E-state index >= 15 is 0 Å². The molecule has 0 spiro atoms. The van der Waals surface area contributed by atoms with Crippen molar-refractivity contribution in [2.24, 2.45) is 5.10 Å². The number of hydrogen-bond donors (Lipinski definition) is 0. The van der Waals surface area contributed by atoms with Gasteiger partial charge in [0.25, 0.3) is 0 Å². The van der Waals surface area contributed by atoms with Crippen LogP contribution in [0.4, 0.5) is 9.52 Å². The molecule has 5 aromatic rings. The van der Waals surface area contributed by atoms with Crippen LogP contribution >= 0.6 is 28.3 Å². The fourth-order valence-electron chi connectivity index (χ4n) is 4.72. The highest BCUT2D eigenvalue weighted by molar-refractivity contribution is 8.93. The first-order valence-electron chi connectivity index (χ1n) is 12.2. The largest absolute Gasteiger partial charge is 0.231 e. The maximum atomic E-state index is 13.6. The van der Waals surface area contributed by atoms with Crippen LogP contribution in [0.25, 0.3) is 22.0 Å². The molecule has 4 aromatic carbocycles. The summed E-state index contributed by atoms with van der Waals surface area (Å²) in [7, 11) is 0. The Balaban J connectivity index is 0.00000280. The Labute approximate surface area is 231 Å². The van der Waals surface area contributed by atoms with Crippen molar-refractivity contribution in [2.45, 2.75) is 32.2 Å². The van der Waals surface area contributed by atoms with E-state index in [4.69, 9.17) is 10.1 Å². The van der Waals surface area contributed by atoms with Crippen LogP contribution in [0.3, 0.4) is 0 Å². The van der Waals surface area contributed by atoms with Gasteiger partial charge in [-0.05, 0) is 51.6 Å². The monoisotopic (exact) mass is 571 g/mol. The number of rotatable bonds is 5. The van der Waals surface area contributed by atoms with E-state index in [-0.39, 0.29) is 28.8 Å². The zero-order valence-corrected chi connectivity index (χ0v) is 23.2. The molecule has 0 saturated carbocycles. The number of aromatic nitrogens is 1. The molecule has 2 heterocycles. The Morgan fingerprint density at radius 1 is 0.865 bits per heavy atom. The summed E-state index contributed by atoms with van der Waals surface area (Å²) in [6.07, 6.45) is 0.734. The lowest BCUT2D eigenvalue weighted by Crippen LogP contribution is -2.18. The standard InChI is InChI=1S/C31H26FN3S.BrH/c1-20(2)21-7-10-24(11-8-21)30-18-28(23-13-15-27(32)16-14-23)34-35(30)31-33-29(19-36-31)26-12-9-22-5-3-4-6-25(22)17-26;/h3-17,19-20,30H,18H2,1-2H3;1H. The summed E-state index contributed by atoms with van der Waals surface area (Å²) < 4.78 is 13.6. The van der Waals surface area contributed by atoms with Crippen LogP contribution in [0, 0.1) is 5.82 Å². The lowest BCUT2D eigenvalue weighted by molar-refractivity contribution is 0.627. The molecule has 0 aliphatic carbocycles. The highest BCUT2D eigenvalue weighted by Gasteiger charge is 2.32. The first-order chi connectivity index (χ1) is 17.5. The summed E-state index contributed by atoms with van der Waals surface area (Å²) in [4.78, 5) is 5.01. The van der Waals surface area contributed by atoms with Crippen LogP contribution < -0.4 is 5.01 Å². The Hall–Kier alpha value is -3.35. The molecule has 1 aromatic heterocycles. The van der Waals surface area contributed by atoms with Crippen LogP contribution in [-0.4, -0.2) is 10.7 Å². The van der Waals surface area contributed by atoms with Gasteiger partial charge in [0.2, 0.25) is 5.13 Å². The number of thiazole rings is 1. The summed E-state index contributed by atoms with van der Waals surface area (Å²) in [6, 6.07) is 30.3. The van der Waals surface area contributed by atoms with E-state index in [1.807, 2.05) is 5.01 Å². The molecule has 37 heavy (non-hydrogen) atoms. The topological polar surface area (TPSA) is 28.5 Å². The van der Waals surface area contributed by atoms with Gasteiger partial charge in [0, 0.05) is 17.4 Å². The Morgan fingerprint density at radius 3 is 2.30 bits per heavy atom. The zero-order chi connectivity index (χ0) is 24.6. The molecule has 6 heteroatoms. The van der Waals surface area contributed by atoms with Crippen LogP contribution in [0.1, 0.15) is 48.9 Å². The lowest BCUT2D eigenvalue weighted by Gasteiger charge is -2.21. The average Bonchev–Trinajstić information content (AvgIpc) is 3.57. The number of hydrogen-bond acceptors (Lipinski definition) is 4. The van der Waals surface area contributed by atoms with Crippen LogP contribution in [-0.2, 0) is 0 Å². The minimum atomic E-state index is -0.241. The predicted octanol–water partition coefficient (Wildman–Crippen LogP) is 9.16. The maximum absolute atomic E-state index is 13.6. The second-order valence-corrected chi connectivity index (χ2v) is 10.4. The van der Waals surface area contributed by atoms with Crippen molar-refractivity contribution >= 4 is 49.9 Å². The second-order valence-electron chi connectivity index (χ2n) is 9.52. The number of nitrogens with zero attached hydrogens (tertiary/aromatic N) is 3. The van der Waals surface area contributed by atoms with E-state index < -0.39 is 0 Å². The Bertz CT molecular complexity index is 1560. The van der Waals surface area contributed by atoms with Crippen LogP contribution in [0.5, 0.6) is 0 Å². The summed E-state index contributed by atoms with van der Waals surface area (Å²) >= 11 is 1.60. The number of hydrazone groups is 1. The van der Waals surface area contributed by atoms with Gasteiger partial charge in [-0.15, -0.1) is 28.3 Å². The van der Waals surface area contributed by atoms with Gasteiger partial charge in [-0.2, -0.15) is 5.10 Å². The third kappa shape index (κ3) is 5.09. The molecule has 0 fully saturated rings. The van der Waals surface area contributed by atoms with Gasteiger partial charge in [-0.3, -0.25) is 0 Å². The number of halogens is 2. The average molecular weight is 573 g/mol. The minimum Gasteiger partial charge on any atom is -0.231 e. The van der Waals surface area contributed by atoms with E-state index in [0.29, 0.717) is 5.92 Å². The summed E-state index contributed by atoms with van der Waals surface area (Å²) in [5.41, 5.74) is 6.43. The maximum Gasteiger partial charge on any atom is 0.207 e. The normalized spacial score (nSPS) is 15.2. The molecule has 0 amide bonds. The van der Waals surface area contributed by atoms with Crippen LogP contribution in [0.2, 0.25) is 0 Å². The SMILES string of the molecule is Br.CC(C)c1ccc(C2CC(c3ccc(F)cc3)=NN2c2nc(-c3ccc4ccccc4c3)cs2)cc1. The number of benzene rings is 4. The summed E-state index contributed by atoms with van der Waals surface area (Å²) in [6.45, 7) is 4.41. The van der Waals surface area contributed by atoms with Gasteiger partial charge in [0.15, 0.2) is 0 Å². The molecule has 186 valence electrons. The van der Waals surface area contributed by atoms with Crippen molar-refractivity contribution < 1.29 is 4.39 Å². The van der Waals surface area contributed by atoms with Crippen molar-refractivity contribution in [3.8, 4) is 11.3 Å². The van der Waals surface area contributed by atoms with Gasteiger partial charge in [0.05, 0.1) is 17.4 Å². The van der Waals surface area contributed by atoms with E-state index in [2.05, 4.69) is 86.0 Å². The summed E-state index contributed by atoms with van der Waals surface area (Å²) in [5, 5.41) is 12.4. The highest BCUT2D eigenvalue weighted by atomic mass is 79.9. The Kier molecular flexibility index (Phi) is 7.22. The zero-order valence-electron chi connectivity index (χ0n) is 20.6. The smallest absolute Gasteiger partial charge is 0.207 e. The van der Waals surface area contributed by atoms with E-state index in [1.54, 1.807) is 23.5 Å². The van der Waals surface area contributed by atoms with Gasteiger partial charge >= 0.3 is 0 Å². The molecule has 3 nitrogen and oxygen atoms in total. The van der Waals surface area contributed by atoms with Crippen LogP contribution in [0.15, 0.2) is 101 Å².